The number of amides is 1. The Morgan fingerprint density at radius 3 is 2.70 bits per heavy atom. The summed E-state index contributed by atoms with van der Waals surface area (Å²) in [6, 6.07) is 5.88. The molecule has 1 aliphatic rings. The topological polar surface area (TPSA) is 62.2 Å². The lowest BCUT2D eigenvalue weighted by Gasteiger charge is -2.28. The van der Waals surface area contributed by atoms with Gasteiger partial charge in [-0.25, -0.2) is 9.37 Å². The summed E-state index contributed by atoms with van der Waals surface area (Å²) < 4.78 is 13.0. The molecule has 0 radical (unpaired) electrons. The molecule has 1 heterocycles. The van der Waals surface area contributed by atoms with Crippen molar-refractivity contribution in [2.24, 2.45) is 0 Å². The molecule has 1 aromatic carbocycles. The van der Waals surface area contributed by atoms with Crippen LogP contribution in [0.4, 0.5) is 4.39 Å². The minimum absolute atomic E-state index is 0.188. The molecule has 2 unspecified atom stereocenters. The molecular formula is C17H19FN2O2S. The fraction of sp³-hybridized carbons (Fsp3) is 0.412. The number of aliphatic hydroxyl groups is 1. The van der Waals surface area contributed by atoms with Gasteiger partial charge in [0.2, 0.25) is 0 Å². The Kier molecular flexibility index (Phi) is 4.73. The van der Waals surface area contributed by atoms with Crippen LogP contribution in [0.1, 0.15) is 41.0 Å². The van der Waals surface area contributed by atoms with Gasteiger partial charge in [0.25, 0.3) is 5.91 Å². The third-order valence-corrected chi connectivity index (χ3v) is 5.35. The summed E-state index contributed by atoms with van der Waals surface area (Å²) in [5, 5.41) is 13.6. The van der Waals surface area contributed by atoms with Crippen molar-refractivity contribution in [2.75, 3.05) is 0 Å². The molecule has 1 aromatic heterocycles. The fourth-order valence-corrected chi connectivity index (χ4v) is 3.81. The number of hydrogen-bond donors (Lipinski definition) is 2. The zero-order valence-corrected chi connectivity index (χ0v) is 13.7. The van der Waals surface area contributed by atoms with Crippen LogP contribution in [0.5, 0.6) is 0 Å². The number of rotatable bonds is 3. The van der Waals surface area contributed by atoms with Crippen molar-refractivity contribution in [3.8, 4) is 10.6 Å². The van der Waals surface area contributed by atoms with Crippen molar-refractivity contribution in [3.63, 3.8) is 0 Å². The van der Waals surface area contributed by atoms with Crippen molar-refractivity contribution >= 4 is 17.2 Å². The van der Waals surface area contributed by atoms with Gasteiger partial charge < -0.3 is 10.4 Å². The molecule has 1 fully saturated rings. The number of aromatic nitrogens is 1. The van der Waals surface area contributed by atoms with Gasteiger partial charge in [0, 0.05) is 5.56 Å². The van der Waals surface area contributed by atoms with Crippen LogP contribution in [-0.4, -0.2) is 28.1 Å². The molecule has 1 aliphatic carbocycles. The van der Waals surface area contributed by atoms with E-state index in [1.807, 2.05) is 0 Å². The molecule has 0 aliphatic heterocycles. The molecule has 4 nitrogen and oxygen atoms in total. The van der Waals surface area contributed by atoms with Crippen molar-refractivity contribution in [3.05, 3.63) is 40.7 Å². The maximum atomic E-state index is 13.0. The van der Waals surface area contributed by atoms with Gasteiger partial charge in [-0.05, 0) is 44.0 Å². The summed E-state index contributed by atoms with van der Waals surface area (Å²) in [5.41, 5.74) is 1.44. The molecule has 3 rings (SSSR count). The third-order valence-electron chi connectivity index (χ3n) is 4.14. The van der Waals surface area contributed by atoms with Crippen molar-refractivity contribution in [1.29, 1.82) is 0 Å². The lowest BCUT2D eigenvalue weighted by Crippen LogP contribution is -2.45. The number of thiazole rings is 1. The van der Waals surface area contributed by atoms with Crippen LogP contribution >= 0.6 is 11.3 Å². The maximum Gasteiger partial charge on any atom is 0.263 e. The lowest BCUT2D eigenvalue weighted by molar-refractivity contribution is 0.0719. The van der Waals surface area contributed by atoms with Crippen molar-refractivity contribution < 1.29 is 14.3 Å². The Bertz CT molecular complexity index is 699. The first-order valence-corrected chi connectivity index (χ1v) is 8.58. The van der Waals surface area contributed by atoms with Crippen LogP contribution in [0.3, 0.4) is 0 Å². The average molecular weight is 334 g/mol. The van der Waals surface area contributed by atoms with Gasteiger partial charge in [-0.2, -0.15) is 0 Å². The van der Waals surface area contributed by atoms with Gasteiger partial charge in [0.1, 0.15) is 15.7 Å². The van der Waals surface area contributed by atoms with Crippen LogP contribution in [0.2, 0.25) is 0 Å². The molecule has 2 aromatic rings. The molecule has 0 saturated heterocycles. The monoisotopic (exact) mass is 334 g/mol. The van der Waals surface area contributed by atoms with E-state index in [4.69, 9.17) is 0 Å². The fourth-order valence-electron chi connectivity index (χ4n) is 2.84. The van der Waals surface area contributed by atoms with Crippen molar-refractivity contribution in [1.82, 2.24) is 10.3 Å². The second kappa shape index (κ2) is 6.76. The molecule has 1 amide bonds. The summed E-state index contributed by atoms with van der Waals surface area (Å²) in [7, 11) is 0. The van der Waals surface area contributed by atoms with Gasteiger partial charge >= 0.3 is 0 Å². The zero-order valence-electron chi connectivity index (χ0n) is 12.9. The van der Waals surface area contributed by atoms with Gasteiger partial charge in [0.15, 0.2) is 0 Å². The summed E-state index contributed by atoms with van der Waals surface area (Å²) in [4.78, 5) is 17.4. The second-order valence-corrected chi connectivity index (χ2v) is 6.87. The average Bonchev–Trinajstić information content (AvgIpc) is 2.92. The standard InChI is InChI=1S/C17H19FN2O2S/c1-10-15(16(22)20-13-4-2-3-5-14(13)21)23-17(19-10)11-6-8-12(18)9-7-11/h6-9,13-14,21H,2-5H2,1H3,(H,20,22). The van der Waals surface area contributed by atoms with Gasteiger partial charge in [-0.15, -0.1) is 11.3 Å². The summed E-state index contributed by atoms with van der Waals surface area (Å²) in [6.45, 7) is 1.79. The Hall–Kier alpha value is -1.79. The number of halogens is 1. The smallest absolute Gasteiger partial charge is 0.263 e. The molecule has 6 heteroatoms. The van der Waals surface area contributed by atoms with Crippen LogP contribution in [0, 0.1) is 12.7 Å². The number of aliphatic hydroxyl groups excluding tert-OH is 1. The molecule has 1 saturated carbocycles. The number of carbonyl (C=O) groups excluding carboxylic acids is 1. The molecule has 0 bridgehead atoms. The first kappa shape index (κ1) is 16.1. The zero-order chi connectivity index (χ0) is 16.4. The second-order valence-electron chi connectivity index (χ2n) is 5.87. The van der Waals surface area contributed by atoms with Crippen LogP contribution in [0.15, 0.2) is 24.3 Å². The molecule has 0 spiro atoms. The Balaban J connectivity index is 1.77. The Morgan fingerprint density at radius 2 is 2.00 bits per heavy atom. The number of nitrogens with one attached hydrogen (secondary N) is 1. The Labute approximate surface area is 138 Å². The summed E-state index contributed by atoms with van der Waals surface area (Å²) in [5.74, 6) is -0.495. The van der Waals surface area contributed by atoms with E-state index in [0.29, 0.717) is 15.6 Å². The van der Waals surface area contributed by atoms with E-state index >= 15 is 0 Å². The van der Waals surface area contributed by atoms with E-state index in [2.05, 4.69) is 10.3 Å². The van der Waals surface area contributed by atoms with E-state index in [1.54, 1.807) is 19.1 Å². The van der Waals surface area contributed by atoms with Gasteiger partial charge in [0.05, 0.1) is 17.8 Å². The van der Waals surface area contributed by atoms with E-state index in [1.165, 1.54) is 23.5 Å². The molecule has 2 atom stereocenters. The Morgan fingerprint density at radius 1 is 1.30 bits per heavy atom. The van der Waals surface area contributed by atoms with E-state index in [-0.39, 0.29) is 17.8 Å². The minimum atomic E-state index is -0.475. The number of nitrogens with zero attached hydrogens (tertiary/aromatic N) is 1. The van der Waals surface area contributed by atoms with Crippen molar-refractivity contribution in [2.45, 2.75) is 44.8 Å². The largest absolute Gasteiger partial charge is 0.391 e. The van der Waals surface area contributed by atoms with Crippen LogP contribution < -0.4 is 5.32 Å². The highest BCUT2D eigenvalue weighted by molar-refractivity contribution is 7.17. The van der Waals surface area contributed by atoms with Gasteiger partial charge in [-0.1, -0.05) is 12.8 Å². The lowest BCUT2D eigenvalue weighted by atomic mass is 9.92. The highest BCUT2D eigenvalue weighted by atomic mass is 32.1. The van der Waals surface area contributed by atoms with Crippen LogP contribution in [0.25, 0.3) is 10.6 Å². The normalized spacial score (nSPS) is 21.2. The van der Waals surface area contributed by atoms with E-state index in [0.717, 1.165) is 31.2 Å². The number of benzene rings is 1. The number of hydrogen-bond acceptors (Lipinski definition) is 4. The number of carbonyl (C=O) groups is 1. The van der Waals surface area contributed by atoms with Gasteiger partial charge in [-0.3, -0.25) is 4.79 Å². The van der Waals surface area contributed by atoms with Crippen LogP contribution in [-0.2, 0) is 0 Å². The summed E-state index contributed by atoms with van der Waals surface area (Å²) in [6.07, 6.45) is 3.08. The number of aryl methyl sites for hydroxylation is 1. The molecular weight excluding hydrogens is 315 g/mol. The highest BCUT2D eigenvalue weighted by Crippen LogP contribution is 2.28. The first-order valence-electron chi connectivity index (χ1n) is 7.77. The quantitative estimate of drug-likeness (QED) is 0.905. The predicted molar refractivity (Wildman–Crippen MR) is 88.0 cm³/mol. The maximum absolute atomic E-state index is 13.0. The van der Waals surface area contributed by atoms with E-state index < -0.39 is 6.10 Å². The predicted octanol–water partition coefficient (Wildman–Crippen LogP) is 3.29. The van der Waals surface area contributed by atoms with E-state index in [9.17, 15) is 14.3 Å². The first-order chi connectivity index (χ1) is 11.0. The highest BCUT2D eigenvalue weighted by Gasteiger charge is 2.26. The molecule has 122 valence electrons. The summed E-state index contributed by atoms with van der Waals surface area (Å²) >= 11 is 1.29. The molecule has 23 heavy (non-hydrogen) atoms. The SMILES string of the molecule is Cc1nc(-c2ccc(F)cc2)sc1C(=O)NC1CCCCC1O. The molecule has 2 N–H and O–H groups in total. The third kappa shape index (κ3) is 3.59. The minimum Gasteiger partial charge on any atom is -0.391 e.